The SMILES string of the molecule is CCCCCCCCCCCCC/C=C/C=C/C=C/C=C/C=C/C(=O)OCCC(C)CCCC(C)CCCC(C)CCCC(C)C. The third kappa shape index (κ3) is 35.0. The monoisotopic (exact) mass is 639 g/mol. The van der Waals surface area contributed by atoms with E-state index in [1.807, 2.05) is 30.4 Å². The Labute approximate surface area is 288 Å². The predicted molar refractivity (Wildman–Crippen MR) is 206 cm³/mol. The van der Waals surface area contributed by atoms with Crippen molar-refractivity contribution in [3.05, 3.63) is 60.8 Å². The Bertz CT molecular complexity index is 799. The van der Waals surface area contributed by atoms with Crippen LogP contribution in [0.1, 0.15) is 183 Å². The number of carbonyl (C=O) groups is 1. The Morgan fingerprint density at radius 2 is 0.891 bits per heavy atom. The second-order valence-corrected chi connectivity index (χ2v) is 14.7. The molecule has 0 saturated carbocycles. The highest BCUT2D eigenvalue weighted by Gasteiger charge is 2.09. The second-order valence-electron chi connectivity index (χ2n) is 14.7. The van der Waals surface area contributed by atoms with Gasteiger partial charge in [-0.3, -0.25) is 0 Å². The molecule has 0 aliphatic rings. The van der Waals surface area contributed by atoms with Crippen LogP contribution in [0.5, 0.6) is 0 Å². The molecule has 0 amide bonds. The minimum Gasteiger partial charge on any atom is -0.463 e. The zero-order valence-corrected chi connectivity index (χ0v) is 31.7. The van der Waals surface area contributed by atoms with Gasteiger partial charge >= 0.3 is 5.97 Å². The van der Waals surface area contributed by atoms with Crippen molar-refractivity contribution in [1.29, 1.82) is 0 Å². The highest BCUT2D eigenvalue weighted by atomic mass is 16.5. The van der Waals surface area contributed by atoms with Crippen LogP contribution >= 0.6 is 0 Å². The second kappa shape index (κ2) is 34.5. The van der Waals surface area contributed by atoms with Gasteiger partial charge in [-0.1, -0.05) is 218 Å². The lowest BCUT2D eigenvalue weighted by atomic mass is 9.91. The molecule has 2 nitrogen and oxygen atoms in total. The largest absolute Gasteiger partial charge is 0.463 e. The van der Waals surface area contributed by atoms with E-state index < -0.39 is 0 Å². The lowest BCUT2D eigenvalue weighted by molar-refractivity contribution is -0.138. The molecule has 0 aromatic carbocycles. The van der Waals surface area contributed by atoms with Crippen molar-refractivity contribution in [3.8, 4) is 0 Å². The molecule has 0 fully saturated rings. The maximum atomic E-state index is 12.0. The van der Waals surface area contributed by atoms with Gasteiger partial charge in [0.25, 0.3) is 0 Å². The van der Waals surface area contributed by atoms with Gasteiger partial charge in [-0.25, -0.2) is 4.79 Å². The molecular weight excluding hydrogens is 560 g/mol. The maximum Gasteiger partial charge on any atom is 0.330 e. The summed E-state index contributed by atoms with van der Waals surface area (Å²) in [4.78, 5) is 12.0. The van der Waals surface area contributed by atoms with Gasteiger partial charge in [-0.05, 0) is 42.9 Å². The third-order valence-corrected chi connectivity index (χ3v) is 9.24. The van der Waals surface area contributed by atoms with E-state index in [1.54, 1.807) is 6.08 Å². The van der Waals surface area contributed by atoms with Crippen LogP contribution in [-0.4, -0.2) is 12.6 Å². The summed E-state index contributed by atoms with van der Waals surface area (Å²) in [6.07, 6.45) is 49.1. The third-order valence-electron chi connectivity index (χ3n) is 9.24. The van der Waals surface area contributed by atoms with E-state index in [0.29, 0.717) is 12.5 Å². The number of unbranched alkanes of at least 4 members (excludes halogenated alkanes) is 11. The lowest BCUT2D eigenvalue weighted by Crippen LogP contribution is -2.07. The van der Waals surface area contributed by atoms with Crippen LogP contribution in [-0.2, 0) is 9.53 Å². The van der Waals surface area contributed by atoms with Gasteiger partial charge in [0, 0.05) is 6.08 Å². The van der Waals surface area contributed by atoms with E-state index in [-0.39, 0.29) is 5.97 Å². The number of carbonyl (C=O) groups excluding carboxylic acids is 1. The number of hydrogen-bond donors (Lipinski definition) is 0. The molecule has 0 aliphatic heterocycles. The molecule has 0 saturated heterocycles. The van der Waals surface area contributed by atoms with Gasteiger partial charge in [-0.15, -0.1) is 0 Å². The average molecular weight is 639 g/mol. The first-order valence-corrected chi connectivity index (χ1v) is 19.8. The fourth-order valence-corrected chi connectivity index (χ4v) is 5.97. The summed E-state index contributed by atoms with van der Waals surface area (Å²) in [5.41, 5.74) is 0. The van der Waals surface area contributed by atoms with Crippen molar-refractivity contribution in [2.75, 3.05) is 6.61 Å². The highest BCUT2D eigenvalue weighted by molar-refractivity contribution is 5.82. The summed E-state index contributed by atoms with van der Waals surface area (Å²) in [6.45, 7) is 14.6. The molecule has 0 aromatic rings. The van der Waals surface area contributed by atoms with Gasteiger partial charge < -0.3 is 4.74 Å². The molecule has 0 aromatic heterocycles. The zero-order chi connectivity index (χ0) is 33.9. The molecule has 0 N–H and O–H groups in total. The van der Waals surface area contributed by atoms with E-state index >= 15 is 0 Å². The number of hydrogen-bond acceptors (Lipinski definition) is 2. The smallest absolute Gasteiger partial charge is 0.330 e. The normalized spacial score (nSPS) is 14.6. The van der Waals surface area contributed by atoms with Gasteiger partial charge in [0.05, 0.1) is 6.61 Å². The fourth-order valence-electron chi connectivity index (χ4n) is 5.97. The minimum atomic E-state index is -0.254. The quantitative estimate of drug-likeness (QED) is 0.0317. The van der Waals surface area contributed by atoms with Gasteiger partial charge in [-0.2, -0.15) is 0 Å². The first-order valence-electron chi connectivity index (χ1n) is 19.8. The van der Waals surface area contributed by atoms with Crippen LogP contribution in [0.4, 0.5) is 0 Å². The van der Waals surface area contributed by atoms with E-state index in [9.17, 15) is 4.79 Å². The summed E-state index contributed by atoms with van der Waals surface area (Å²) in [6, 6.07) is 0. The molecule has 0 radical (unpaired) electrons. The minimum absolute atomic E-state index is 0.254. The summed E-state index contributed by atoms with van der Waals surface area (Å²) in [7, 11) is 0. The Morgan fingerprint density at radius 1 is 0.478 bits per heavy atom. The first kappa shape index (κ1) is 44.2. The Morgan fingerprint density at radius 3 is 1.39 bits per heavy atom. The van der Waals surface area contributed by atoms with Crippen molar-refractivity contribution in [3.63, 3.8) is 0 Å². The average Bonchev–Trinajstić information content (AvgIpc) is 3.01. The van der Waals surface area contributed by atoms with E-state index in [4.69, 9.17) is 4.74 Å². The Kier molecular flexibility index (Phi) is 33.1. The van der Waals surface area contributed by atoms with Crippen molar-refractivity contribution in [1.82, 2.24) is 0 Å². The summed E-state index contributed by atoms with van der Waals surface area (Å²) in [5, 5.41) is 0. The Balaban J connectivity index is 3.71. The number of ether oxygens (including phenoxy) is 1. The van der Waals surface area contributed by atoms with E-state index in [0.717, 1.165) is 24.2 Å². The highest BCUT2D eigenvalue weighted by Crippen LogP contribution is 2.22. The topological polar surface area (TPSA) is 26.3 Å². The molecular formula is C44H78O2. The molecule has 2 heteroatoms. The number of rotatable bonds is 32. The molecule has 0 rings (SSSR count). The predicted octanol–water partition coefficient (Wildman–Crippen LogP) is 14.5. The van der Waals surface area contributed by atoms with Crippen LogP contribution in [0.25, 0.3) is 0 Å². The van der Waals surface area contributed by atoms with Crippen LogP contribution in [0.3, 0.4) is 0 Å². The number of esters is 1. The van der Waals surface area contributed by atoms with Crippen molar-refractivity contribution in [2.24, 2.45) is 23.7 Å². The van der Waals surface area contributed by atoms with Gasteiger partial charge in [0.2, 0.25) is 0 Å². The van der Waals surface area contributed by atoms with Crippen LogP contribution in [0.15, 0.2) is 60.8 Å². The van der Waals surface area contributed by atoms with Gasteiger partial charge in [0.15, 0.2) is 0 Å². The lowest BCUT2D eigenvalue weighted by Gasteiger charge is -2.16. The fraction of sp³-hybridized carbons (Fsp3) is 0.750. The molecule has 0 aliphatic carbocycles. The molecule has 0 bridgehead atoms. The molecule has 266 valence electrons. The number of allylic oxidation sites excluding steroid dienone is 9. The van der Waals surface area contributed by atoms with E-state index in [1.165, 1.54) is 141 Å². The van der Waals surface area contributed by atoms with Crippen LogP contribution in [0, 0.1) is 23.7 Å². The van der Waals surface area contributed by atoms with Crippen molar-refractivity contribution in [2.45, 2.75) is 183 Å². The molecule has 3 atom stereocenters. The first-order chi connectivity index (χ1) is 22.3. The van der Waals surface area contributed by atoms with Crippen molar-refractivity contribution < 1.29 is 9.53 Å². The Hall–Kier alpha value is -1.83. The zero-order valence-electron chi connectivity index (χ0n) is 31.7. The summed E-state index contributed by atoms with van der Waals surface area (Å²) < 4.78 is 5.40. The molecule has 46 heavy (non-hydrogen) atoms. The molecule has 3 unspecified atom stereocenters. The summed E-state index contributed by atoms with van der Waals surface area (Å²) in [5.74, 6) is 2.89. The van der Waals surface area contributed by atoms with Gasteiger partial charge in [0.1, 0.15) is 0 Å². The molecule has 0 spiro atoms. The maximum absolute atomic E-state index is 12.0. The van der Waals surface area contributed by atoms with Crippen LogP contribution in [0.2, 0.25) is 0 Å². The van der Waals surface area contributed by atoms with Crippen LogP contribution < -0.4 is 0 Å². The van der Waals surface area contributed by atoms with Crippen molar-refractivity contribution >= 4 is 5.97 Å². The summed E-state index contributed by atoms with van der Waals surface area (Å²) >= 11 is 0. The standard InChI is InChI=1S/C44H78O2/c1-7-8-9-10-11-12-13-14-15-16-17-18-19-20-21-22-23-24-25-26-27-37-44(45)46-39-38-43(6)36-30-35-42(5)34-29-33-41(4)32-28-31-40(2)3/h19-27,37,40-43H,7-18,28-36,38-39H2,1-6H3/b20-19+,22-21+,24-23+,26-25+,37-27+. The van der Waals surface area contributed by atoms with E-state index in [2.05, 4.69) is 59.8 Å². The molecule has 0 heterocycles.